The fraction of sp³-hybridized carbons (Fsp3) is 0.176. The molecule has 3 N–H and O–H groups in total. The Morgan fingerprint density at radius 2 is 1.81 bits per heavy atom. The van der Waals surface area contributed by atoms with Crippen LogP contribution in [0.4, 0.5) is 23.2 Å². The minimum Gasteiger partial charge on any atom is -0.428 e. The van der Waals surface area contributed by atoms with Crippen LogP contribution in [0.25, 0.3) is 0 Å². The second-order valence-corrected chi connectivity index (χ2v) is 5.80. The molecule has 0 radical (unpaired) electrons. The second kappa shape index (κ2) is 8.67. The third-order valence-corrected chi connectivity index (χ3v) is 3.37. The van der Waals surface area contributed by atoms with Gasteiger partial charge in [-0.3, -0.25) is 15.6 Å². The van der Waals surface area contributed by atoms with E-state index in [1.807, 2.05) is 25.1 Å². The molecular formula is C17H15F4N3O2S. The van der Waals surface area contributed by atoms with Gasteiger partial charge in [0, 0.05) is 11.3 Å². The number of anilines is 1. The molecule has 0 aromatic heterocycles. The van der Waals surface area contributed by atoms with Crippen molar-refractivity contribution in [2.45, 2.75) is 19.5 Å². The number of carbonyl (C=O) groups is 1. The highest BCUT2D eigenvalue weighted by atomic mass is 32.1. The number of thiocarbonyl (C=S) groups is 1. The van der Waals surface area contributed by atoms with Gasteiger partial charge in [-0.1, -0.05) is 18.2 Å². The van der Waals surface area contributed by atoms with E-state index in [2.05, 4.69) is 20.9 Å². The first kappa shape index (κ1) is 20.4. The summed E-state index contributed by atoms with van der Waals surface area (Å²) in [5, 5.41) is 2.93. The normalized spacial score (nSPS) is 11.0. The first-order valence-corrected chi connectivity index (χ1v) is 7.97. The van der Waals surface area contributed by atoms with Crippen LogP contribution in [0, 0.1) is 6.92 Å². The SMILES string of the molecule is Cc1cccc(NC(=S)NNC(=O)c2cccc(OC(F)(F)C(F)F)c2)c1. The van der Waals surface area contributed by atoms with Crippen LogP contribution >= 0.6 is 12.2 Å². The third kappa shape index (κ3) is 6.10. The zero-order valence-electron chi connectivity index (χ0n) is 13.9. The molecular weight excluding hydrogens is 386 g/mol. The summed E-state index contributed by atoms with van der Waals surface area (Å²) in [7, 11) is 0. The number of hydrazine groups is 1. The predicted octanol–water partition coefficient (Wildman–Crippen LogP) is 3.86. The van der Waals surface area contributed by atoms with Crippen molar-refractivity contribution < 1.29 is 27.1 Å². The molecule has 5 nitrogen and oxygen atoms in total. The zero-order chi connectivity index (χ0) is 20.0. The van der Waals surface area contributed by atoms with Gasteiger partial charge in [-0.25, -0.2) is 0 Å². The lowest BCUT2D eigenvalue weighted by atomic mass is 10.2. The topological polar surface area (TPSA) is 62.4 Å². The molecule has 0 unspecified atom stereocenters. The summed E-state index contributed by atoms with van der Waals surface area (Å²) in [6, 6.07) is 11.8. The largest absolute Gasteiger partial charge is 0.461 e. The molecule has 0 fully saturated rings. The smallest absolute Gasteiger partial charge is 0.428 e. The van der Waals surface area contributed by atoms with E-state index in [-0.39, 0.29) is 10.7 Å². The second-order valence-electron chi connectivity index (χ2n) is 5.40. The number of carbonyl (C=O) groups excluding carboxylic acids is 1. The Labute approximate surface area is 157 Å². The maximum absolute atomic E-state index is 12.9. The lowest BCUT2D eigenvalue weighted by Crippen LogP contribution is -2.43. The Hall–Kier alpha value is -2.88. The molecule has 0 heterocycles. The van der Waals surface area contributed by atoms with Crippen molar-refractivity contribution in [3.05, 3.63) is 59.7 Å². The van der Waals surface area contributed by atoms with E-state index in [1.54, 1.807) is 6.07 Å². The fourth-order valence-electron chi connectivity index (χ4n) is 1.97. The summed E-state index contributed by atoms with van der Waals surface area (Å²) >= 11 is 5.03. The van der Waals surface area contributed by atoms with Gasteiger partial charge in [0.15, 0.2) is 5.11 Å². The van der Waals surface area contributed by atoms with Gasteiger partial charge >= 0.3 is 12.5 Å². The van der Waals surface area contributed by atoms with Gasteiger partial charge in [0.05, 0.1) is 0 Å². The van der Waals surface area contributed by atoms with Gasteiger partial charge in [-0.2, -0.15) is 17.6 Å². The standard InChI is InChI=1S/C17H15F4N3O2S/c1-10-4-2-6-12(8-10)22-16(27)24-23-14(25)11-5-3-7-13(9-11)26-17(20,21)15(18)19/h2-9,15H,1H3,(H,23,25)(H2,22,24,27). The monoisotopic (exact) mass is 401 g/mol. The Bertz CT molecular complexity index is 833. The summed E-state index contributed by atoms with van der Waals surface area (Å²) in [5.74, 6) is -1.30. The maximum Gasteiger partial charge on any atom is 0.461 e. The Morgan fingerprint density at radius 3 is 2.48 bits per heavy atom. The van der Waals surface area contributed by atoms with Gasteiger partial charge in [0.1, 0.15) is 5.75 Å². The molecule has 2 aromatic rings. The van der Waals surface area contributed by atoms with Gasteiger partial charge in [0.25, 0.3) is 5.91 Å². The summed E-state index contributed by atoms with van der Waals surface area (Å²) in [6.07, 6.45) is -8.66. The van der Waals surface area contributed by atoms with Gasteiger partial charge in [-0.05, 0) is 55.0 Å². The number of alkyl halides is 4. The molecule has 0 saturated carbocycles. The maximum atomic E-state index is 12.9. The van der Waals surface area contributed by atoms with Crippen LogP contribution in [-0.2, 0) is 0 Å². The van der Waals surface area contributed by atoms with E-state index in [4.69, 9.17) is 12.2 Å². The number of hydrogen-bond donors (Lipinski definition) is 3. The molecule has 0 bridgehead atoms. The van der Waals surface area contributed by atoms with Crippen LogP contribution in [-0.4, -0.2) is 23.6 Å². The molecule has 10 heteroatoms. The van der Waals surface area contributed by atoms with Crippen LogP contribution in [0.15, 0.2) is 48.5 Å². The first-order chi connectivity index (χ1) is 12.7. The van der Waals surface area contributed by atoms with Crippen molar-refractivity contribution in [3.63, 3.8) is 0 Å². The van der Waals surface area contributed by atoms with Crippen LogP contribution in [0.3, 0.4) is 0 Å². The van der Waals surface area contributed by atoms with E-state index in [9.17, 15) is 22.4 Å². The van der Waals surface area contributed by atoms with Crippen LogP contribution in [0.1, 0.15) is 15.9 Å². The van der Waals surface area contributed by atoms with E-state index in [0.29, 0.717) is 5.69 Å². The minimum atomic E-state index is -4.66. The van der Waals surface area contributed by atoms with E-state index < -0.39 is 24.2 Å². The number of rotatable bonds is 5. The number of nitrogens with one attached hydrogen (secondary N) is 3. The summed E-state index contributed by atoms with van der Waals surface area (Å²) in [5.41, 5.74) is 6.32. The van der Waals surface area contributed by atoms with E-state index >= 15 is 0 Å². The molecule has 27 heavy (non-hydrogen) atoms. The van der Waals surface area contributed by atoms with Crippen LogP contribution < -0.4 is 20.9 Å². The molecule has 0 aliphatic rings. The van der Waals surface area contributed by atoms with Gasteiger partial charge < -0.3 is 10.1 Å². The highest BCUT2D eigenvalue weighted by Gasteiger charge is 2.44. The molecule has 2 rings (SSSR count). The number of ether oxygens (including phenoxy) is 1. The fourth-order valence-corrected chi connectivity index (χ4v) is 2.14. The molecule has 0 spiro atoms. The summed E-state index contributed by atoms with van der Waals surface area (Å²) in [6.45, 7) is 1.90. The molecule has 1 amide bonds. The number of aryl methyl sites for hydroxylation is 1. The summed E-state index contributed by atoms with van der Waals surface area (Å²) in [4.78, 5) is 12.1. The lowest BCUT2D eigenvalue weighted by molar-refractivity contribution is -0.253. The molecule has 2 aromatic carbocycles. The Balaban J connectivity index is 1.94. The molecule has 0 saturated heterocycles. The number of amides is 1. The molecule has 0 aliphatic carbocycles. The lowest BCUT2D eigenvalue weighted by Gasteiger charge is -2.17. The van der Waals surface area contributed by atoms with E-state index in [0.717, 1.165) is 17.7 Å². The Kier molecular flexibility index (Phi) is 6.56. The molecule has 144 valence electrons. The first-order valence-electron chi connectivity index (χ1n) is 7.56. The van der Waals surface area contributed by atoms with Crippen molar-refractivity contribution >= 4 is 28.9 Å². The van der Waals surface area contributed by atoms with Crippen molar-refractivity contribution in [2.24, 2.45) is 0 Å². The number of halogens is 4. The van der Waals surface area contributed by atoms with Gasteiger partial charge in [-0.15, -0.1) is 0 Å². The minimum absolute atomic E-state index is 0.0885. The van der Waals surface area contributed by atoms with Gasteiger partial charge in [0.2, 0.25) is 0 Å². The third-order valence-electron chi connectivity index (χ3n) is 3.17. The quantitative estimate of drug-likeness (QED) is 0.404. The number of hydrogen-bond acceptors (Lipinski definition) is 3. The van der Waals surface area contributed by atoms with Crippen LogP contribution in [0.5, 0.6) is 5.75 Å². The number of benzene rings is 2. The highest BCUT2D eigenvalue weighted by molar-refractivity contribution is 7.80. The highest BCUT2D eigenvalue weighted by Crippen LogP contribution is 2.27. The average Bonchev–Trinajstić information content (AvgIpc) is 2.59. The van der Waals surface area contributed by atoms with E-state index in [1.165, 1.54) is 12.1 Å². The van der Waals surface area contributed by atoms with Crippen LogP contribution in [0.2, 0.25) is 0 Å². The van der Waals surface area contributed by atoms with Crippen molar-refractivity contribution in [1.82, 2.24) is 10.9 Å². The molecule has 0 atom stereocenters. The molecule has 0 aliphatic heterocycles. The Morgan fingerprint density at radius 1 is 1.11 bits per heavy atom. The van der Waals surface area contributed by atoms with Crippen molar-refractivity contribution in [2.75, 3.05) is 5.32 Å². The van der Waals surface area contributed by atoms with Crippen molar-refractivity contribution in [3.8, 4) is 5.75 Å². The zero-order valence-corrected chi connectivity index (χ0v) is 14.7. The average molecular weight is 401 g/mol. The predicted molar refractivity (Wildman–Crippen MR) is 96.0 cm³/mol. The summed E-state index contributed by atoms with van der Waals surface area (Å²) < 4.78 is 54.2. The van der Waals surface area contributed by atoms with Crippen molar-refractivity contribution in [1.29, 1.82) is 0 Å².